The smallest absolute Gasteiger partial charge is 0.162 e. The standard InChI is InChI=1S/C12H18O/c1-3-10(2)12(13)9-11-7-5-4-6-8-11/h3,7H,4-6,8-9H2,1-2H3/b10-3+. The first-order valence-electron chi connectivity index (χ1n) is 5.08. The van der Waals surface area contributed by atoms with Crippen molar-refractivity contribution in [2.75, 3.05) is 0 Å². The molecule has 72 valence electrons. The number of allylic oxidation sites excluding steroid dienone is 4. The quantitative estimate of drug-likeness (QED) is 0.478. The zero-order chi connectivity index (χ0) is 9.68. The van der Waals surface area contributed by atoms with Crippen LogP contribution in [0, 0.1) is 0 Å². The molecular weight excluding hydrogens is 160 g/mol. The Morgan fingerprint density at radius 2 is 2.31 bits per heavy atom. The summed E-state index contributed by atoms with van der Waals surface area (Å²) >= 11 is 0. The Morgan fingerprint density at radius 1 is 1.54 bits per heavy atom. The molecule has 0 saturated carbocycles. The maximum Gasteiger partial charge on any atom is 0.162 e. The van der Waals surface area contributed by atoms with Crippen molar-refractivity contribution >= 4 is 5.78 Å². The van der Waals surface area contributed by atoms with E-state index < -0.39 is 0 Å². The number of rotatable bonds is 3. The monoisotopic (exact) mass is 178 g/mol. The topological polar surface area (TPSA) is 17.1 Å². The Morgan fingerprint density at radius 3 is 2.85 bits per heavy atom. The number of Topliss-reactive ketones (excluding diaryl/α,β-unsaturated/α-hetero) is 1. The molecule has 0 bridgehead atoms. The molecule has 0 saturated heterocycles. The predicted molar refractivity (Wildman–Crippen MR) is 55.6 cm³/mol. The Labute approximate surface area is 80.5 Å². The lowest BCUT2D eigenvalue weighted by Gasteiger charge is -2.11. The molecule has 0 fully saturated rings. The van der Waals surface area contributed by atoms with Gasteiger partial charge in [0.05, 0.1) is 0 Å². The molecule has 1 rings (SSSR count). The van der Waals surface area contributed by atoms with Crippen LogP contribution in [0.1, 0.15) is 46.0 Å². The van der Waals surface area contributed by atoms with Crippen molar-refractivity contribution in [3.8, 4) is 0 Å². The van der Waals surface area contributed by atoms with E-state index >= 15 is 0 Å². The number of ketones is 1. The molecule has 0 aromatic rings. The molecule has 0 aliphatic heterocycles. The normalized spacial score (nSPS) is 18.3. The van der Waals surface area contributed by atoms with Gasteiger partial charge in [0.1, 0.15) is 0 Å². The second-order valence-corrected chi connectivity index (χ2v) is 3.68. The summed E-state index contributed by atoms with van der Waals surface area (Å²) in [6.07, 6.45) is 9.63. The van der Waals surface area contributed by atoms with Gasteiger partial charge in [0.2, 0.25) is 0 Å². The Balaban J connectivity index is 2.48. The van der Waals surface area contributed by atoms with E-state index in [1.807, 2.05) is 19.9 Å². The molecule has 0 amide bonds. The molecule has 0 radical (unpaired) electrons. The minimum absolute atomic E-state index is 0.288. The molecule has 0 heterocycles. The van der Waals surface area contributed by atoms with Crippen LogP contribution in [0.3, 0.4) is 0 Å². The fourth-order valence-electron chi connectivity index (χ4n) is 1.57. The molecule has 1 aliphatic rings. The van der Waals surface area contributed by atoms with Gasteiger partial charge in [-0.1, -0.05) is 17.7 Å². The summed E-state index contributed by atoms with van der Waals surface area (Å²) < 4.78 is 0. The van der Waals surface area contributed by atoms with Crippen LogP contribution in [0.25, 0.3) is 0 Å². The molecule has 1 aliphatic carbocycles. The number of carbonyl (C=O) groups excluding carboxylic acids is 1. The van der Waals surface area contributed by atoms with Gasteiger partial charge in [-0.25, -0.2) is 0 Å². The van der Waals surface area contributed by atoms with Crippen molar-refractivity contribution < 1.29 is 4.79 Å². The largest absolute Gasteiger partial charge is 0.294 e. The lowest BCUT2D eigenvalue weighted by molar-refractivity contribution is -0.114. The van der Waals surface area contributed by atoms with Gasteiger partial charge in [-0.3, -0.25) is 4.79 Å². The third-order valence-corrected chi connectivity index (χ3v) is 2.65. The Bertz CT molecular complexity index is 246. The second kappa shape index (κ2) is 5.00. The fraction of sp³-hybridized carbons (Fsp3) is 0.583. The van der Waals surface area contributed by atoms with Gasteiger partial charge in [-0.15, -0.1) is 0 Å². The van der Waals surface area contributed by atoms with Crippen LogP contribution in [0.2, 0.25) is 0 Å². The maximum absolute atomic E-state index is 11.5. The minimum atomic E-state index is 0.288. The summed E-state index contributed by atoms with van der Waals surface area (Å²) in [4.78, 5) is 11.5. The average Bonchev–Trinajstić information content (AvgIpc) is 2.18. The summed E-state index contributed by atoms with van der Waals surface area (Å²) in [5, 5.41) is 0. The number of hydrogen-bond acceptors (Lipinski definition) is 1. The Hall–Kier alpha value is -0.850. The summed E-state index contributed by atoms with van der Waals surface area (Å²) in [6.45, 7) is 3.81. The molecule has 0 aromatic heterocycles. The van der Waals surface area contributed by atoms with Crippen molar-refractivity contribution in [3.05, 3.63) is 23.3 Å². The van der Waals surface area contributed by atoms with Crippen molar-refractivity contribution in [2.24, 2.45) is 0 Å². The average molecular weight is 178 g/mol. The molecule has 0 atom stereocenters. The molecule has 0 N–H and O–H groups in total. The summed E-state index contributed by atoms with van der Waals surface area (Å²) in [5.74, 6) is 0.288. The molecular formula is C12H18O. The van der Waals surface area contributed by atoms with Gasteiger partial charge < -0.3 is 0 Å². The number of carbonyl (C=O) groups is 1. The lowest BCUT2D eigenvalue weighted by atomic mass is 9.94. The summed E-state index contributed by atoms with van der Waals surface area (Å²) in [7, 11) is 0. The highest BCUT2D eigenvalue weighted by atomic mass is 16.1. The fourth-order valence-corrected chi connectivity index (χ4v) is 1.57. The van der Waals surface area contributed by atoms with Crippen LogP contribution in [0.4, 0.5) is 0 Å². The van der Waals surface area contributed by atoms with Crippen LogP contribution in [-0.2, 0) is 4.79 Å². The van der Waals surface area contributed by atoms with E-state index in [1.54, 1.807) is 0 Å². The molecule has 0 spiro atoms. The second-order valence-electron chi connectivity index (χ2n) is 3.68. The van der Waals surface area contributed by atoms with E-state index in [0.29, 0.717) is 6.42 Å². The highest BCUT2D eigenvalue weighted by Gasteiger charge is 2.09. The first kappa shape index (κ1) is 10.2. The van der Waals surface area contributed by atoms with Gasteiger partial charge in [-0.2, -0.15) is 0 Å². The molecule has 1 nitrogen and oxygen atoms in total. The Kier molecular flexibility index (Phi) is 3.94. The van der Waals surface area contributed by atoms with Crippen molar-refractivity contribution in [1.29, 1.82) is 0 Å². The lowest BCUT2D eigenvalue weighted by Crippen LogP contribution is -2.03. The van der Waals surface area contributed by atoms with Gasteiger partial charge >= 0.3 is 0 Å². The SMILES string of the molecule is C/C=C(\C)C(=O)CC1=CCCCC1. The van der Waals surface area contributed by atoms with Crippen LogP contribution < -0.4 is 0 Å². The van der Waals surface area contributed by atoms with E-state index in [2.05, 4.69) is 6.08 Å². The van der Waals surface area contributed by atoms with Crippen LogP contribution >= 0.6 is 0 Å². The van der Waals surface area contributed by atoms with Gasteiger partial charge in [0, 0.05) is 6.42 Å². The van der Waals surface area contributed by atoms with Crippen LogP contribution in [0.5, 0.6) is 0 Å². The molecule has 13 heavy (non-hydrogen) atoms. The highest BCUT2D eigenvalue weighted by molar-refractivity contribution is 5.96. The van der Waals surface area contributed by atoms with Crippen LogP contribution in [0.15, 0.2) is 23.3 Å². The predicted octanol–water partition coefficient (Wildman–Crippen LogP) is 3.41. The van der Waals surface area contributed by atoms with Gasteiger partial charge in [0.15, 0.2) is 5.78 Å². The molecule has 1 heteroatoms. The maximum atomic E-state index is 11.5. The van der Waals surface area contributed by atoms with E-state index in [9.17, 15) is 4.79 Å². The van der Waals surface area contributed by atoms with Crippen molar-refractivity contribution in [2.45, 2.75) is 46.0 Å². The van der Waals surface area contributed by atoms with E-state index in [-0.39, 0.29) is 5.78 Å². The first-order valence-corrected chi connectivity index (χ1v) is 5.08. The first-order chi connectivity index (χ1) is 6.24. The van der Waals surface area contributed by atoms with Gasteiger partial charge in [0.25, 0.3) is 0 Å². The van der Waals surface area contributed by atoms with E-state index in [0.717, 1.165) is 18.4 Å². The zero-order valence-corrected chi connectivity index (χ0v) is 8.60. The van der Waals surface area contributed by atoms with E-state index in [1.165, 1.54) is 18.4 Å². The minimum Gasteiger partial charge on any atom is -0.294 e. The zero-order valence-electron chi connectivity index (χ0n) is 8.60. The highest BCUT2D eigenvalue weighted by Crippen LogP contribution is 2.21. The van der Waals surface area contributed by atoms with Crippen molar-refractivity contribution in [3.63, 3.8) is 0 Å². The summed E-state index contributed by atoms with van der Waals surface area (Å²) in [5.41, 5.74) is 2.24. The molecule has 0 aromatic carbocycles. The third-order valence-electron chi connectivity index (χ3n) is 2.65. The van der Waals surface area contributed by atoms with Crippen molar-refractivity contribution in [1.82, 2.24) is 0 Å². The van der Waals surface area contributed by atoms with E-state index in [4.69, 9.17) is 0 Å². The third kappa shape index (κ3) is 3.17. The summed E-state index contributed by atoms with van der Waals surface area (Å²) in [6, 6.07) is 0. The number of hydrogen-bond donors (Lipinski definition) is 0. The van der Waals surface area contributed by atoms with Crippen LogP contribution in [-0.4, -0.2) is 5.78 Å². The van der Waals surface area contributed by atoms with Gasteiger partial charge in [-0.05, 0) is 45.1 Å². The molecule has 0 unspecified atom stereocenters.